The van der Waals surface area contributed by atoms with Crippen LogP contribution >= 0.6 is 0 Å². The van der Waals surface area contributed by atoms with Crippen molar-refractivity contribution >= 4 is 0 Å². The second-order valence-corrected chi connectivity index (χ2v) is 6.95. The van der Waals surface area contributed by atoms with Gasteiger partial charge in [0.25, 0.3) is 0 Å². The summed E-state index contributed by atoms with van der Waals surface area (Å²) in [6, 6.07) is 10.0. The maximum absolute atomic E-state index is 12.0. The number of allylic oxidation sites excluding steroid dienone is 8. The molecule has 2 aromatic rings. The van der Waals surface area contributed by atoms with Gasteiger partial charge in [-0.15, -0.1) is 26.7 Å². The van der Waals surface area contributed by atoms with E-state index in [0.29, 0.717) is 0 Å². The van der Waals surface area contributed by atoms with Crippen molar-refractivity contribution in [2.24, 2.45) is 0 Å². The van der Waals surface area contributed by atoms with E-state index in [4.69, 9.17) is 10.2 Å². The van der Waals surface area contributed by atoms with Gasteiger partial charge in [0.2, 0.25) is 0 Å². The molecule has 0 aliphatic heterocycles. The summed E-state index contributed by atoms with van der Waals surface area (Å²) in [5, 5.41) is 17.2. The van der Waals surface area contributed by atoms with E-state index >= 15 is 0 Å². The van der Waals surface area contributed by atoms with Crippen molar-refractivity contribution in [3.63, 3.8) is 0 Å². The summed E-state index contributed by atoms with van der Waals surface area (Å²) in [5.41, 5.74) is 5.67. The van der Waals surface area contributed by atoms with Gasteiger partial charge in [0.1, 0.15) is 23.1 Å². The molecule has 0 saturated carbocycles. The van der Waals surface area contributed by atoms with Gasteiger partial charge in [-0.2, -0.15) is 12.2 Å². The number of phenols is 2. The fourth-order valence-corrected chi connectivity index (χ4v) is 2.88. The molecule has 0 bridgehead atoms. The molecule has 0 aromatic heterocycles. The van der Waals surface area contributed by atoms with Crippen LogP contribution in [0, 0.1) is 23.8 Å². The van der Waals surface area contributed by atoms with Crippen molar-refractivity contribution in [2.75, 3.05) is 0 Å². The molecule has 2 aliphatic rings. The zero-order chi connectivity index (χ0) is 21.9. The smallest absolute Gasteiger partial charge is 0.508 e. The quantitative estimate of drug-likeness (QED) is 0.447. The molecule has 2 N–H and O–H groups in total. The van der Waals surface area contributed by atoms with Crippen LogP contribution < -0.4 is 0 Å². The molecule has 0 heterocycles. The average Bonchev–Trinajstić information content (AvgIpc) is 3.33. The van der Waals surface area contributed by atoms with Crippen molar-refractivity contribution in [1.82, 2.24) is 0 Å². The molecule has 160 valence electrons. The Kier molecular flexibility index (Phi) is 12.0. The van der Waals surface area contributed by atoms with E-state index in [0.717, 1.165) is 25.7 Å². The first-order valence-electron chi connectivity index (χ1n) is 9.78. The largest absolute Gasteiger partial charge is 2.00 e. The third-order valence-corrected chi connectivity index (χ3v) is 4.68. The average molecular weight is 500 g/mol. The predicted octanol–water partition coefficient (Wildman–Crippen LogP) is 6.99. The summed E-state index contributed by atoms with van der Waals surface area (Å²) >= 11 is 0. The summed E-state index contributed by atoms with van der Waals surface area (Å²) in [6.07, 6.45) is 15.6. The van der Waals surface area contributed by atoms with Crippen molar-refractivity contribution < 1.29 is 45.2 Å². The number of aromatic hydroxyl groups is 2. The minimum atomic E-state index is -0.331. The number of benzene rings is 2. The SMILES string of the molecule is CC1=CC[C-]=C1CCC1=[C-]CC=C1C.Oc1ccc(F)cc1.Oc1ccc(F)cc1.[Zr+2]. The summed E-state index contributed by atoms with van der Waals surface area (Å²) in [4.78, 5) is 0. The number of phenolic OH excluding ortho intramolecular Hbond substituents is 2. The Morgan fingerprint density at radius 3 is 1.23 bits per heavy atom. The molecule has 0 amide bonds. The van der Waals surface area contributed by atoms with E-state index < -0.39 is 0 Å². The molecule has 0 unspecified atom stereocenters. The van der Waals surface area contributed by atoms with Crippen molar-refractivity contribution in [2.45, 2.75) is 39.5 Å². The molecule has 0 radical (unpaired) electrons. The first kappa shape index (κ1) is 26.8. The van der Waals surface area contributed by atoms with Crippen LogP contribution in [0.2, 0.25) is 0 Å². The summed E-state index contributed by atoms with van der Waals surface area (Å²) in [7, 11) is 0. The minimum Gasteiger partial charge on any atom is -0.508 e. The van der Waals surface area contributed by atoms with Gasteiger partial charge in [0.15, 0.2) is 0 Å². The number of hydrogen-bond donors (Lipinski definition) is 2. The second-order valence-electron chi connectivity index (χ2n) is 6.95. The minimum absolute atomic E-state index is 0. The zero-order valence-corrected chi connectivity index (χ0v) is 20.2. The molecule has 5 heteroatoms. The molecule has 2 nitrogen and oxygen atoms in total. The normalized spacial score (nSPS) is 13.9. The number of rotatable bonds is 3. The van der Waals surface area contributed by atoms with Crippen LogP contribution in [0.25, 0.3) is 0 Å². The number of hydrogen-bond acceptors (Lipinski definition) is 2. The second kappa shape index (κ2) is 13.9. The Morgan fingerprint density at radius 1 is 0.677 bits per heavy atom. The van der Waals surface area contributed by atoms with E-state index in [-0.39, 0.29) is 49.3 Å². The Morgan fingerprint density at radius 2 is 1.00 bits per heavy atom. The zero-order valence-electron chi connectivity index (χ0n) is 17.8. The van der Waals surface area contributed by atoms with Gasteiger partial charge in [-0.3, -0.25) is 12.2 Å². The molecule has 0 saturated heterocycles. The molecular weight excluding hydrogens is 474 g/mol. The van der Waals surface area contributed by atoms with Crippen LogP contribution in [0.1, 0.15) is 39.5 Å². The molecule has 2 aliphatic carbocycles. The first-order valence-corrected chi connectivity index (χ1v) is 9.78. The van der Waals surface area contributed by atoms with E-state index in [1.54, 1.807) is 0 Å². The van der Waals surface area contributed by atoms with Crippen molar-refractivity contribution in [3.8, 4) is 11.5 Å². The topological polar surface area (TPSA) is 40.5 Å². The molecule has 4 rings (SSSR count). The van der Waals surface area contributed by atoms with Crippen molar-refractivity contribution in [3.05, 3.63) is 107 Å². The third-order valence-electron chi connectivity index (χ3n) is 4.68. The van der Waals surface area contributed by atoms with Gasteiger partial charge in [0, 0.05) is 0 Å². The Balaban J connectivity index is 0.000000245. The van der Waals surface area contributed by atoms with Gasteiger partial charge in [-0.25, -0.2) is 31.1 Å². The van der Waals surface area contributed by atoms with Crippen LogP contribution in [0.5, 0.6) is 11.5 Å². The van der Waals surface area contributed by atoms with Gasteiger partial charge in [-0.1, -0.05) is 12.8 Å². The van der Waals surface area contributed by atoms with Crippen LogP contribution in [0.4, 0.5) is 8.78 Å². The van der Waals surface area contributed by atoms with Crippen LogP contribution in [0.15, 0.2) is 83.0 Å². The summed E-state index contributed by atoms with van der Waals surface area (Å²) < 4.78 is 24.0. The van der Waals surface area contributed by atoms with Crippen LogP contribution in [-0.2, 0) is 26.2 Å². The Labute approximate surface area is 202 Å². The van der Waals surface area contributed by atoms with E-state index in [1.807, 2.05) is 0 Å². The predicted molar refractivity (Wildman–Crippen MR) is 116 cm³/mol. The Bertz CT molecular complexity index is 819. The maximum atomic E-state index is 12.0. The van der Waals surface area contributed by atoms with Gasteiger partial charge in [-0.05, 0) is 48.5 Å². The number of halogens is 2. The molecule has 0 spiro atoms. The fourth-order valence-electron chi connectivity index (χ4n) is 2.88. The third kappa shape index (κ3) is 10.1. The molecular formula is C26H26F2O2Zr. The maximum Gasteiger partial charge on any atom is 2.00 e. The van der Waals surface area contributed by atoms with E-state index in [2.05, 4.69) is 38.2 Å². The van der Waals surface area contributed by atoms with Crippen LogP contribution in [-0.4, -0.2) is 10.2 Å². The van der Waals surface area contributed by atoms with Gasteiger partial charge < -0.3 is 10.2 Å². The summed E-state index contributed by atoms with van der Waals surface area (Å²) in [6.45, 7) is 4.37. The van der Waals surface area contributed by atoms with E-state index in [1.165, 1.54) is 70.8 Å². The molecule has 0 atom stereocenters. The van der Waals surface area contributed by atoms with E-state index in [9.17, 15) is 8.78 Å². The first-order chi connectivity index (χ1) is 14.3. The molecule has 2 aromatic carbocycles. The van der Waals surface area contributed by atoms with Gasteiger partial charge in [0.05, 0.1) is 0 Å². The van der Waals surface area contributed by atoms with Crippen molar-refractivity contribution in [1.29, 1.82) is 0 Å². The molecule has 0 fully saturated rings. The fraction of sp³-hybridized carbons (Fsp3) is 0.231. The monoisotopic (exact) mass is 498 g/mol. The Hall–Kier alpha value is -2.26. The van der Waals surface area contributed by atoms with Crippen LogP contribution in [0.3, 0.4) is 0 Å². The molecule has 31 heavy (non-hydrogen) atoms. The standard InChI is InChI=1S/C14H16.2C6H5FO.Zr/c1-11-5-3-7-13(11)9-10-14-8-4-6-12(14)2;2*7-5-1-3-6(8)4-2-5;/h5-6H,3-4,9-10H2,1-2H3;2*1-4,8H;/q-2;;;+2. The summed E-state index contributed by atoms with van der Waals surface area (Å²) in [5.74, 6) is -0.483. The van der Waals surface area contributed by atoms with Gasteiger partial charge >= 0.3 is 26.2 Å².